The molecule has 0 bridgehead atoms. The molecule has 1 aromatic heterocycles. The van der Waals surface area contributed by atoms with Gasteiger partial charge in [0.2, 0.25) is 0 Å². The topological polar surface area (TPSA) is 39.3 Å². The van der Waals surface area contributed by atoms with E-state index in [9.17, 15) is 5.11 Å². The van der Waals surface area contributed by atoms with Crippen LogP contribution >= 0.6 is 0 Å². The highest BCUT2D eigenvalue weighted by atomic mass is 16.3. The number of aryl methyl sites for hydroxylation is 1. The zero-order valence-corrected chi connectivity index (χ0v) is 12.4. The van der Waals surface area contributed by atoms with Crippen molar-refractivity contribution in [3.8, 4) is 0 Å². The number of hydrogen-bond donors (Lipinski definition) is 2. The maximum Gasteiger partial charge on any atom is 0.0667 e. The van der Waals surface area contributed by atoms with E-state index >= 15 is 0 Å². The van der Waals surface area contributed by atoms with Crippen LogP contribution in [0.4, 0.5) is 0 Å². The number of benzene rings is 1. The summed E-state index contributed by atoms with van der Waals surface area (Å²) in [5.74, 6) is 0.592. The number of aromatic amines is 1. The molecule has 0 saturated heterocycles. The Morgan fingerprint density at radius 2 is 2.15 bits per heavy atom. The summed E-state index contributed by atoms with van der Waals surface area (Å²) < 4.78 is 0. The Balaban J connectivity index is 1.70. The zero-order chi connectivity index (χ0) is 14.1. The summed E-state index contributed by atoms with van der Waals surface area (Å²) >= 11 is 0. The molecule has 1 heterocycles. The number of para-hydroxylation sites is 1. The lowest BCUT2D eigenvalue weighted by molar-refractivity contribution is 0.123. The third-order valence-electron chi connectivity index (χ3n) is 4.42. The first-order valence-electron chi connectivity index (χ1n) is 7.57. The van der Waals surface area contributed by atoms with Crippen LogP contribution in [0.15, 0.2) is 24.3 Å². The minimum Gasteiger partial charge on any atom is -0.392 e. The summed E-state index contributed by atoms with van der Waals surface area (Å²) in [5, 5.41) is 11.4. The van der Waals surface area contributed by atoms with Gasteiger partial charge >= 0.3 is 0 Å². The molecule has 1 aromatic carbocycles. The van der Waals surface area contributed by atoms with Gasteiger partial charge in [0.15, 0.2) is 0 Å². The molecule has 20 heavy (non-hydrogen) atoms. The first kappa shape index (κ1) is 13.7. The zero-order valence-electron chi connectivity index (χ0n) is 12.4. The highest BCUT2D eigenvalue weighted by Gasteiger charge is 2.26. The van der Waals surface area contributed by atoms with Crippen LogP contribution in [0.25, 0.3) is 10.9 Å². The van der Waals surface area contributed by atoms with Crippen LogP contribution in [0.5, 0.6) is 0 Å². The molecule has 1 aliphatic carbocycles. The Morgan fingerprint density at radius 1 is 1.35 bits per heavy atom. The molecule has 2 aromatic rings. The van der Waals surface area contributed by atoms with Crippen LogP contribution in [0.2, 0.25) is 0 Å². The van der Waals surface area contributed by atoms with Crippen LogP contribution in [0, 0.1) is 0 Å². The van der Waals surface area contributed by atoms with Crippen LogP contribution in [0.1, 0.15) is 36.4 Å². The maximum atomic E-state index is 10.0. The van der Waals surface area contributed by atoms with Crippen molar-refractivity contribution in [3.63, 3.8) is 0 Å². The number of likely N-dealkylation sites (N-methyl/N-ethyl adjacent to an activating group) is 1. The van der Waals surface area contributed by atoms with Crippen molar-refractivity contribution in [2.24, 2.45) is 0 Å². The number of aliphatic hydroxyl groups is 1. The van der Waals surface area contributed by atoms with E-state index in [0.717, 1.165) is 19.4 Å². The predicted octanol–water partition coefficient (Wildman–Crippen LogP) is 2.90. The van der Waals surface area contributed by atoms with Crippen molar-refractivity contribution in [1.82, 2.24) is 9.88 Å². The monoisotopic (exact) mass is 272 g/mol. The highest BCUT2D eigenvalue weighted by Crippen LogP contribution is 2.39. The lowest BCUT2D eigenvalue weighted by Gasteiger charge is -2.17. The van der Waals surface area contributed by atoms with Gasteiger partial charge in [-0.2, -0.15) is 0 Å². The van der Waals surface area contributed by atoms with Gasteiger partial charge in [0.25, 0.3) is 0 Å². The number of fused-ring (bicyclic) bond motifs is 3. The van der Waals surface area contributed by atoms with E-state index in [-0.39, 0.29) is 6.10 Å². The molecule has 0 aliphatic heterocycles. The minimum atomic E-state index is -0.210. The lowest BCUT2D eigenvalue weighted by Crippen LogP contribution is -2.26. The average Bonchev–Trinajstić information content (AvgIpc) is 2.94. The van der Waals surface area contributed by atoms with E-state index in [2.05, 4.69) is 29.2 Å². The Kier molecular flexibility index (Phi) is 3.81. The van der Waals surface area contributed by atoms with E-state index < -0.39 is 0 Å². The van der Waals surface area contributed by atoms with E-state index in [4.69, 9.17) is 0 Å². The first-order chi connectivity index (χ1) is 9.65. The van der Waals surface area contributed by atoms with Crippen LogP contribution in [0.3, 0.4) is 0 Å². The fourth-order valence-electron chi connectivity index (χ4n) is 3.50. The fourth-order valence-corrected chi connectivity index (χ4v) is 3.50. The Labute approximate surface area is 120 Å². The normalized spacial score (nSPS) is 19.7. The van der Waals surface area contributed by atoms with E-state index in [0.29, 0.717) is 5.92 Å². The van der Waals surface area contributed by atoms with Crippen molar-refractivity contribution in [2.75, 3.05) is 20.6 Å². The predicted molar refractivity (Wildman–Crippen MR) is 83.2 cm³/mol. The van der Waals surface area contributed by atoms with Crippen LogP contribution in [-0.4, -0.2) is 41.7 Å². The smallest absolute Gasteiger partial charge is 0.0667 e. The molecule has 3 heteroatoms. The summed E-state index contributed by atoms with van der Waals surface area (Å²) in [5.41, 5.74) is 4.19. The van der Waals surface area contributed by atoms with Crippen molar-refractivity contribution in [3.05, 3.63) is 35.5 Å². The van der Waals surface area contributed by atoms with Gasteiger partial charge < -0.3 is 15.0 Å². The molecule has 1 aliphatic rings. The molecule has 0 spiro atoms. The molecule has 108 valence electrons. The van der Waals surface area contributed by atoms with Crippen molar-refractivity contribution in [1.29, 1.82) is 0 Å². The number of rotatable bonds is 5. The summed E-state index contributed by atoms with van der Waals surface area (Å²) in [6.45, 7) is 0.756. The van der Waals surface area contributed by atoms with Gasteiger partial charge in [0.05, 0.1) is 6.10 Å². The van der Waals surface area contributed by atoms with Crippen molar-refractivity contribution >= 4 is 10.9 Å². The second-order valence-electron chi connectivity index (χ2n) is 6.29. The average molecular weight is 272 g/mol. The van der Waals surface area contributed by atoms with Gasteiger partial charge in [-0.25, -0.2) is 0 Å². The highest BCUT2D eigenvalue weighted by molar-refractivity contribution is 5.85. The SMILES string of the molecule is CN(C)CC(O)CCC1CCc2c1[nH]c1ccccc21. The number of nitrogens with zero attached hydrogens (tertiary/aromatic N) is 1. The van der Waals surface area contributed by atoms with Gasteiger partial charge in [-0.05, 0) is 57.3 Å². The van der Waals surface area contributed by atoms with Crippen molar-refractivity contribution < 1.29 is 5.11 Å². The molecular formula is C17H24N2O. The van der Waals surface area contributed by atoms with E-state index in [1.165, 1.54) is 35.0 Å². The van der Waals surface area contributed by atoms with E-state index in [1.807, 2.05) is 19.0 Å². The Bertz CT molecular complexity index is 588. The Hall–Kier alpha value is -1.32. The number of aliphatic hydroxyl groups excluding tert-OH is 1. The molecule has 0 radical (unpaired) electrons. The van der Waals surface area contributed by atoms with Crippen LogP contribution < -0.4 is 0 Å². The van der Waals surface area contributed by atoms with Crippen molar-refractivity contribution in [2.45, 2.75) is 37.7 Å². The Morgan fingerprint density at radius 3 is 2.95 bits per heavy atom. The largest absolute Gasteiger partial charge is 0.392 e. The first-order valence-corrected chi connectivity index (χ1v) is 7.57. The molecule has 2 N–H and O–H groups in total. The number of hydrogen-bond acceptors (Lipinski definition) is 2. The minimum absolute atomic E-state index is 0.210. The summed E-state index contributed by atoms with van der Waals surface area (Å²) in [7, 11) is 4.02. The van der Waals surface area contributed by atoms with Gasteiger partial charge in [-0.15, -0.1) is 0 Å². The molecule has 0 fully saturated rings. The van der Waals surface area contributed by atoms with Crippen LogP contribution in [-0.2, 0) is 6.42 Å². The molecule has 2 atom stereocenters. The fraction of sp³-hybridized carbons (Fsp3) is 0.529. The molecule has 3 nitrogen and oxygen atoms in total. The number of H-pyrrole nitrogens is 1. The number of aromatic nitrogens is 1. The standard InChI is InChI=1S/C17H24N2O/c1-19(2)11-13(20)9-7-12-8-10-15-14-5-3-4-6-16(14)18-17(12)15/h3-6,12-13,18,20H,7-11H2,1-2H3. The molecule has 3 rings (SSSR count). The van der Waals surface area contributed by atoms with Gasteiger partial charge in [-0.1, -0.05) is 18.2 Å². The second kappa shape index (κ2) is 5.58. The molecule has 0 amide bonds. The third kappa shape index (κ3) is 2.60. The molecular weight excluding hydrogens is 248 g/mol. The third-order valence-corrected chi connectivity index (χ3v) is 4.42. The maximum absolute atomic E-state index is 10.0. The van der Waals surface area contributed by atoms with E-state index in [1.54, 1.807) is 0 Å². The van der Waals surface area contributed by atoms with Gasteiger partial charge in [-0.3, -0.25) is 0 Å². The number of nitrogens with one attached hydrogen (secondary N) is 1. The molecule has 0 saturated carbocycles. The molecule has 2 unspecified atom stereocenters. The summed E-state index contributed by atoms with van der Waals surface area (Å²) in [6, 6.07) is 8.58. The quantitative estimate of drug-likeness (QED) is 0.878. The summed E-state index contributed by atoms with van der Waals surface area (Å²) in [6.07, 6.45) is 4.15. The summed E-state index contributed by atoms with van der Waals surface area (Å²) in [4.78, 5) is 5.65. The second-order valence-corrected chi connectivity index (χ2v) is 6.29. The van der Waals surface area contributed by atoms with Gasteiger partial charge in [0.1, 0.15) is 0 Å². The lowest BCUT2D eigenvalue weighted by atomic mass is 9.98. The van der Waals surface area contributed by atoms with Gasteiger partial charge in [0, 0.05) is 23.1 Å².